The molecule has 0 spiro atoms. The van der Waals surface area contributed by atoms with Gasteiger partial charge in [0.25, 0.3) is 0 Å². The van der Waals surface area contributed by atoms with Crippen molar-refractivity contribution in [2.24, 2.45) is 7.05 Å². The lowest BCUT2D eigenvalue weighted by Crippen LogP contribution is -2.20. The third-order valence-corrected chi connectivity index (χ3v) is 2.95. The van der Waals surface area contributed by atoms with Gasteiger partial charge in [-0.2, -0.15) is 5.10 Å². The molecule has 2 aromatic heterocycles. The van der Waals surface area contributed by atoms with Gasteiger partial charge in [0.05, 0.1) is 5.69 Å². The van der Waals surface area contributed by atoms with Crippen molar-refractivity contribution < 1.29 is 0 Å². The summed E-state index contributed by atoms with van der Waals surface area (Å²) in [6.45, 7) is 2.02. The Balaban J connectivity index is 2.18. The number of hydrogen-bond donors (Lipinski definition) is 1. The lowest BCUT2D eigenvalue weighted by Gasteiger charge is -2.16. The molecule has 0 fully saturated rings. The van der Waals surface area contributed by atoms with Gasteiger partial charge in [-0.05, 0) is 31.7 Å². The van der Waals surface area contributed by atoms with Crippen molar-refractivity contribution in [2.45, 2.75) is 19.4 Å². The molecule has 0 aliphatic rings. The maximum atomic E-state index is 4.37. The van der Waals surface area contributed by atoms with Crippen LogP contribution in [0.5, 0.6) is 0 Å². The molecule has 2 heterocycles. The Morgan fingerprint density at radius 1 is 1.47 bits per heavy atom. The summed E-state index contributed by atoms with van der Waals surface area (Å²) in [5.74, 6) is 0. The van der Waals surface area contributed by atoms with Crippen LogP contribution >= 0.6 is 0 Å². The molecule has 0 aliphatic heterocycles. The summed E-state index contributed by atoms with van der Waals surface area (Å²) in [5.41, 5.74) is 3.49. The first-order chi connectivity index (χ1) is 8.20. The van der Waals surface area contributed by atoms with E-state index >= 15 is 0 Å². The van der Waals surface area contributed by atoms with Crippen molar-refractivity contribution in [3.8, 4) is 0 Å². The zero-order chi connectivity index (χ0) is 12.3. The Morgan fingerprint density at radius 2 is 2.29 bits per heavy atom. The number of hydrogen-bond acceptors (Lipinski definition) is 3. The first-order valence-electron chi connectivity index (χ1n) is 5.77. The molecule has 0 bridgehead atoms. The molecule has 4 heteroatoms. The van der Waals surface area contributed by atoms with Gasteiger partial charge < -0.3 is 5.32 Å². The molecule has 2 rings (SSSR count). The molecule has 2 aromatic rings. The van der Waals surface area contributed by atoms with E-state index < -0.39 is 0 Å². The monoisotopic (exact) mass is 230 g/mol. The van der Waals surface area contributed by atoms with Gasteiger partial charge in [0, 0.05) is 37.6 Å². The maximum absolute atomic E-state index is 4.37. The number of pyridine rings is 1. The van der Waals surface area contributed by atoms with Crippen LogP contribution in [0, 0.1) is 6.92 Å². The lowest BCUT2D eigenvalue weighted by molar-refractivity contribution is 0.560. The van der Waals surface area contributed by atoms with E-state index in [-0.39, 0.29) is 6.04 Å². The van der Waals surface area contributed by atoms with Gasteiger partial charge in [0.1, 0.15) is 0 Å². The van der Waals surface area contributed by atoms with E-state index in [0.29, 0.717) is 0 Å². The van der Waals surface area contributed by atoms with E-state index in [1.54, 1.807) is 6.20 Å². The molecule has 90 valence electrons. The summed E-state index contributed by atoms with van der Waals surface area (Å²) >= 11 is 0. The molecule has 0 saturated heterocycles. The van der Waals surface area contributed by atoms with E-state index in [4.69, 9.17) is 0 Å². The summed E-state index contributed by atoms with van der Waals surface area (Å²) in [6.07, 6.45) is 4.62. The number of nitrogens with one attached hydrogen (secondary N) is 1. The zero-order valence-corrected chi connectivity index (χ0v) is 10.5. The van der Waals surface area contributed by atoms with Gasteiger partial charge in [-0.1, -0.05) is 6.07 Å². The normalized spacial score (nSPS) is 12.6. The highest BCUT2D eigenvalue weighted by Crippen LogP contribution is 2.17. The van der Waals surface area contributed by atoms with E-state index in [1.165, 1.54) is 11.3 Å². The summed E-state index contributed by atoms with van der Waals surface area (Å²) in [7, 11) is 3.96. The van der Waals surface area contributed by atoms with Gasteiger partial charge in [0.15, 0.2) is 0 Å². The van der Waals surface area contributed by atoms with Gasteiger partial charge >= 0.3 is 0 Å². The molecular weight excluding hydrogens is 212 g/mol. The Bertz CT molecular complexity index is 475. The minimum atomic E-state index is 0.276. The average Bonchev–Trinajstić information content (AvgIpc) is 2.66. The second kappa shape index (κ2) is 5.10. The lowest BCUT2D eigenvalue weighted by atomic mass is 10.0. The van der Waals surface area contributed by atoms with Crippen molar-refractivity contribution in [1.29, 1.82) is 0 Å². The van der Waals surface area contributed by atoms with Crippen LogP contribution in [-0.4, -0.2) is 21.8 Å². The molecule has 0 amide bonds. The molecular formula is C13H18N4. The topological polar surface area (TPSA) is 42.7 Å². The van der Waals surface area contributed by atoms with E-state index in [9.17, 15) is 0 Å². The summed E-state index contributed by atoms with van der Waals surface area (Å²) in [6, 6.07) is 6.46. The average molecular weight is 230 g/mol. The van der Waals surface area contributed by atoms with Crippen LogP contribution < -0.4 is 5.32 Å². The maximum Gasteiger partial charge on any atom is 0.0596 e. The standard InChI is InChI=1S/C13H18N4/c1-10-7-12(17(3)16-10)8-13(14-2)11-5-4-6-15-9-11/h4-7,9,13-14H,8H2,1-3H3. The van der Waals surface area contributed by atoms with E-state index in [0.717, 1.165) is 12.1 Å². The highest BCUT2D eigenvalue weighted by atomic mass is 15.3. The van der Waals surface area contributed by atoms with Gasteiger partial charge in [-0.3, -0.25) is 9.67 Å². The number of rotatable bonds is 4. The first kappa shape index (κ1) is 11.8. The third kappa shape index (κ3) is 2.71. The van der Waals surface area contributed by atoms with Gasteiger partial charge in [-0.15, -0.1) is 0 Å². The van der Waals surface area contributed by atoms with Crippen LogP contribution in [0.1, 0.15) is 23.0 Å². The Morgan fingerprint density at radius 3 is 2.82 bits per heavy atom. The van der Waals surface area contributed by atoms with Crippen LogP contribution in [0.2, 0.25) is 0 Å². The summed E-state index contributed by atoms with van der Waals surface area (Å²) in [5, 5.41) is 7.69. The molecule has 0 radical (unpaired) electrons. The zero-order valence-electron chi connectivity index (χ0n) is 10.5. The molecule has 1 atom stereocenters. The fourth-order valence-electron chi connectivity index (χ4n) is 2.03. The highest BCUT2D eigenvalue weighted by molar-refractivity contribution is 5.18. The minimum absolute atomic E-state index is 0.276. The fraction of sp³-hybridized carbons (Fsp3) is 0.385. The van der Waals surface area contributed by atoms with Crippen molar-refractivity contribution in [3.63, 3.8) is 0 Å². The predicted molar refractivity (Wildman–Crippen MR) is 67.7 cm³/mol. The van der Waals surface area contributed by atoms with Crippen LogP contribution in [0.4, 0.5) is 0 Å². The summed E-state index contributed by atoms with van der Waals surface area (Å²) < 4.78 is 1.94. The number of nitrogens with zero attached hydrogens (tertiary/aromatic N) is 3. The third-order valence-electron chi connectivity index (χ3n) is 2.95. The quantitative estimate of drug-likeness (QED) is 0.868. The van der Waals surface area contributed by atoms with Crippen molar-refractivity contribution in [2.75, 3.05) is 7.05 Å². The Hall–Kier alpha value is -1.68. The van der Waals surface area contributed by atoms with E-state index in [1.807, 2.05) is 38.0 Å². The molecule has 17 heavy (non-hydrogen) atoms. The van der Waals surface area contributed by atoms with E-state index in [2.05, 4.69) is 27.5 Å². The SMILES string of the molecule is CNC(Cc1cc(C)nn1C)c1cccnc1. The molecule has 1 N–H and O–H groups in total. The molecule has 4 nitrogen and oxygen atoms in total. The van der Waals surface area contributed by atoms with Crippen LogP contribution in [0.15, 0.2) is 30.6 Å². The summed E-state index contributed by atoms with van der Waals surface area (Å²) in [4.78, 5) is 4.16. The van der Waals surface area contributed by atoms with Crippen LogP contribution in [0.3, 0.4) is 0 Å². The van der Waals surface area contributed by atoms with Gasteiger partial charge in [-0.25, -0.2) is 0 Å². The first-order valence-corrected chi connectivity index (χ1v) is 5.77. The molecule has 0 aliphatic carbocycles. The fourth-order valence-corrected chi connectivity index (χ4v) is 2.03. The Labute approximate surface area is 102 Å². The Kier molecular flexibility index (Phi) is 3.54. The largest absolute Gasteiger partial charge is 0.313 e. The van der Waals surface area contributed by atoms with Crippen molar-refractivity contribution >= 4 is 0 Å². The second-order valence-electron chi connectivity index (χ2n) is 4.23. The second-order valence-corrected chi connectivity index (χ2v) is 4.23. The van der Waals surface area contributed by atoms with Gasteiger partial charge in [0.2, 0.25) is 0 Å². The predicted octanol–water partition coefficient (Wildman–Crippen LogP) is 1.63. The highest BCUT2D eigenvalue weighted by Gasteiger charge is 2.12. The van der Waals surface area contributed by atoms with Crippen LogP contribution in [-0.2, 0) is 13.5 Å². The van der Waals surface area contributed by atoms with Crippen molar-refractivity contribution in [3.05, 3.63) is 47.5 Å². The van der Waals surface area contributed by atoms with Crippen molar-refractivity contribution in [1.82, 2.24) is 20.1 Å². The number of aryl methyl sites for hydroxylation is 2. The molecule has 0 saturated carbocycles. The molecule has 0 aromatic carbocycles. The smallest absolute Gasteiger partial charge is 0.0596 e. The number of aromatic nitrogens is 3. The van der Waals surface area contributed by atoms with Crippen LogP contribution in [0.25, 0.3) is 0 Å². The molecule has 1 unspecified atom stereocenters. The minimum Gasteiger partial charge on any atom is -0.313 e. The number of likely N-dealkylation sites (N-methyl/N-ethyl adjacent to an activating group) is 1.